The molecule has 1 aliphatic rings. The van der Waals surface area contributed by atoms with Crippen LogP contribution in [0.4, 0.5) is 37.8 Å². The van der Waals surface area contributed by atoms with Crippen LogP contribution in [-0.2, 0) is 10.0 Å². The van der Waals surface area contributed by atoms with E-state index < -0.39 is 44.9 Å². The maximum Gasteiger partial charge on any atom is 0.411 e. The van der Waals surface area contributed by atoms with Crippen molar-refractivity contribution in [2.24, 2.45) is 11.1 Å². The van der Waals surface area contributed by atoms with Crippen LogP contribution in [-0.4, -0.2) is 30.7 Å². The topological polar surface area (TPSA) is 125 Å². The third-order valence-electron chi connectivity index (χ3n) is 5.29. The highest BCUT2D eigenvalue weighted by molar-refractivity contribution is 7.92. The second-order valence-electron chi connectivity index (χ2n) is 7.84. The maximum atomic E-state index is 13.7. The Morgan fingerprint density at radius 2 is 1.58 bits per heavy atom. The van der Waals surface area contributed by atoms with Gasteiger partial charge in [0.2, 0.25) is 5.41 Å². The highest BCUT2D eigenvalue weighted by Gasteiger charge is 2.73. The predicted octanol–water partition coefficient (Wildman–Crippen LogP) is 4.42. The molecule has 192 valence electrons. The van der Waals surface area contributed by atoms with Crippen molar-refractivity contribution >= 4 is 21.5 Å². The number of benzene rings is 1. The third-order valence-corrected chi connectivity index (χ3v) is 6.66. The monoisotopic (exact) mass is 532 g/mol. The fraction of sp³-hybridized carbons (Fsp3) is 0.286. The van der Waals surface area contributed by atoms with E-state index in [2.05, 4.69) is 14.7 Å². The van der Waals surface area contributed by atoms with Gasteiger partial charge in [0, 0.05) is 23.1 Å². The maximum absolute atomic E-state index is 13.7. The first kappa shape index (κ1) is 26.8. The Morgan fingerprint density at radius 3 is 2.06 bits per heavy atom. The second-order valence-corrected chi connectivity index (χ2v) is 9.52. The van der Waals surface area contributed by atoms with Crippen molar-refractivity contribution in [1.29, 1.82) is 5.26 Å². The van der Waals surface area contributed by atoms with Crippen molar-refractivity contribution in [3.8, 4) is 6.07 Å². The molecule has 1 aliphatic heterocycles. The van der Waals surface area contributed by atoms with Gasteiger partial charge in [0.05, 0.1) is 10.5 Å². The van der Waals surface area contributed by atoms with Gasteiger partial charge in [-0.1, -0.05) is 0 Å². The molecule has 0 radical (unpaired) electrons. The number of nitrogens with two attached hydrogens (primary N) is 1. The summed E-state index contributed by atoms with van der Waals surface area (Å²) in [4.78, 5) is 8.53. The number of hydrogen-bond donors (Lipinski definition) is 2. The Kier molecular flexibility index (Phi) is 6.47. The van der Waals surface area contributed by atoms with Crippen LogP contribution in [0.5, 0.6) is 0 Å². The molecule has 0 saturated heterocycles. The second kappa shape index (κ2) is 8.70. The number of alkyl halides is 6. The molecule has 1 aromatic heterocycles. The Hall–Kier alpha value is -3.80. The van der Waals surface area contributed by atoms with Crippen molar-refractivity contribution in [1.82, 2.24) is 9.97 Å². The molecule has 0 saturated carbocycles. The van der Waals surface area contributed by atoms with Crippen LogP contribution in [0.3, 0.4) is 0 Å². The first-order chi connectivity index (χ1) is 16.4. The molecule has 3 N–H and O–H groups in total. The Labute approximate surface area is 201 Å². The summed E-state index contributed by atoms with van der Waals surface area (Å²) in [6.07, 6.45) is -11.9. The number of nitriles is 1. The average molecular weight is 532 g/mol. The minimum atomic E-state index is -5.91. The van der Waals surface area contributed by atoms with E-state index in [0.29, 0.717) is 11.5 Å². The number of aryl methyl sites for hydroxylation is 2. The molecule has 1 aromatic carbocycles. The summed E-state index contributed by atoms with van der Waals surface area (Å²) in [6.45, 7) is 4.16. The summed E-state index contributed by atoms with van der Waals surface area (Å²) in [5.41, 5.74) is -0.800. The summed E-state index contributed by atoms with van der Waals surface area (Å²) in [7, 11) is -4.16. The fourth-order valence-electron chi connectivity index (χ4n) is 3.79. The average Bonchev–Trinajstić information content (AvgIpc) is 2.71. The summed E-state index contributed by atoms with van der Waals surface area (Å²) < 4.78 is 110. The molecule has 0 bridgehead atoms. The minimum absolute atomic E-state index is 0.000339. The van der Waals surface area contributed by atoms with Crippen molar-refractivity contribution in [2.45, 2.75) is 38.0 Å². The highest BCUT2D eigenvalue weighted by Crippen LogP contribution is 2.58. The molecule has 0 fully saturated rings. The van der Waals surface area contributed by atoms with Crippen LogP contribution < -0.4 is 15.4 Å². The van der Waals surface area contributed by atoms with E-state index in [0.717, 1.165) is 42.2 Å². The van der Waals surface area contributed by atoms with Gasteiger partial charge in [-0.3, -0.25) is 4.72 Å². The number of rotatable bonds is 4. The van der Waals surface area contributed by atoms with Gasteiger partial charge in [-0.15, -0.1) is 0 Å². The molecule has 2 aromatic rings. The Morgan fingerprint density at radius 1 is 1.03 bits per heavy atom. The molecule has 0 aliphatic carbocycles. The highest BCUT2D eigenvalue weighted by atomic mass is 32.2. The van der Waals surface area contributed by atoms with Gasteiger partial charge in [0.1, 0.15) is 23.5 Å². The molecule has 36 heavy (non-hydrogen) atoms. The van der Waals surface area contributed by atoms with Crippen LogP contribution in [0.1, 0.15) is 18.4 Å². The lowest BCUT2D eigenvalue weighted by molar-refractivity contribution is -0.306. The molecule has 8 nitrogen and oxygen atoms in total. The van der Waals surface area contributed by atoms with Crippen LogP contribution in [0.25, 0.3) is 0 Å². The van der Waals surface area contributed by atoms with E-state index in [1.165, 1.54) is 6.07 Å². The first-order valence-electron chi connectivity index (χ1n) is 9.93. The summed E-state index contributed by atoms with van der Waals surface area (Å²) in [6, 6.07) is 6.74. The third kappa shape index (κ3) is 4.43. The van der Waals surface area contributed by atoms with Crippen molar-refractivity contribution < 1.29 is 34.8 Å². The number of anilines is 2. The molecule has 0 amide bonds. The Balaban J connectivity index is 2.04. The van der Waals surface area contributed by atoms with Crippen LogP contribution in [0, 0.1) is 30.6 Å². The van der Waals surface area contributed by atoms with Crippen LogP contribution >= 0.6 is 0 Å². The standard InChI is InChI=1S/C21H18F6N6O2S/c1-11-8-17(31-13(3)30-11)32-36(34,35)15-6-4-14(5-7-15)33-12(2)9-19(20(22,23)24,21(25,26)27)16(10-28)18(33)29/h4-9H,29H2,1-3H3,(H,30,31,32). The van der Waals surface area contributed by atoms with Gasteiger partial charge in [0.15, 0.2) is 0 Å². The molecular weight excluding hydrogens is 514 g/mol. The van der Waals surface area contributed by atoms with Gasteiger partial charge in [-0.05, 0) is 51.1 Å². The van der Waals surface area contributed by atoms with E-state index in [1.807, 2.05) is 0 Å². The molecule has 2 heterocycles. The fourth-order valence-corrected chi connectivity index (χ4v) is 4.78. The van der Waals surface area contributed by atoms with Gasteiger partial charge in [-0.2, -0.15) is 31.6 Å². The molecule has 0 spiro atoms. The van der Waals surface area contributed by atoms with Gasteiger partial charge in [-0.25, -0.2) is 18.4 Å². The largest absolute Gasteiger partial charge is 0.411 e. The predicted molar refractivity (Wildman–Crippen MR) is 116 cm³/mol. The molecule has 3 rings (SSSR count). The smallest absolute Gasteiger partial charge is 0.384 e. The summed E-state index contributed by atoms with van der Waals surface area (Å²) >= 11 is 0. The Bertz CT molecular complexity index is 1370. The molecule has 0 unspecified atom stereocenters. The minimum Gasteiger partial charge on any atom is -0.384 e. The van der Waals surface area contributed by atoms with E-state index in [-0.39, 0.29) is 22.5 Å². The molecular formula is C21H18F6N6O2S. The lowest BCUT2D eigenvalue weighted by Crippen LogP contribution is -2.54. The summed E-state index contributed by atoms with van der Waals surface area (Å²) in [5, 5.41) is 9.26. The number of nitrogens with one attached hydrogen (secondary N) is 1. The number of nitrogens with zero attached hydrogens (tertiary/aromatic N) is 4. The van der Waals surface area contributed by atoms with E-state index in [1.54, 1.807) is 13.8 Å². The quantitative estimate of drug-likeness (QED) is 0.559. The van der Waals surface area contributed by atoms with Gasteiger partial charge < -0.3 is 10.6 Å². The lowest BCUT2D eigenvalue weighted by Gasteiger charge is -2.41. The zero-order chi connectivity index (χ0) is 27.3. The SMILES string of the molecule is CC1=CC(C(F)(F)F)(C(F)(F)F)C(C#N)=C(N)N1c1ccc(S(=O)(=O)Nc2cc(C)nc(C)n2)cc1. The molecule has 15 heteroatoms. The van der Waals surface area contributed by atoms with Gasteiger partial charge in [0.25, 0.3) is 10.0 Å². The van der Waals surface area contributed by atoms with Crippen LogP contribution in [0.2, 0.25) is 0 Å². The zero-order valence-electron chi connectivity index (χ0n) is 18.8. The number of allylic oxidation sites excluding steroid dienone is 3. The van der Waals surface area contributed by atoms with Crippen LogP contribution in [0.15, 0.2) is 58.4 Å². The van der Waals surface area contributed by atoms with E-state index >= 15 is 0 Å². The lowest BCUT2D eigenvalue weighted by atomic mass is 9.75. The van der Waals surface area contributed by atoms with Crippen molar-refractivity contribution in [3.05, 3.63) is 65.0 Å². The number of aromatic nitrogens is 2. The normalized spacial score (nSPS) is 16.4. The van der Waals surface area contributed by atoms with Crippen molar-refractivity contribution in [3.63, 3.8) is 0 Å². The van der Waals surface area contributed by atoms with Gasteiger partial charge >= 0.3 is 12.4 Å². The first-order valence-corrected chi connectivity index (χ1v) is 11.4. The zero-order valence-corrected chi connectivity index (χ0v) is 19.6. The number of hydrogen-bond acceptors (Lipinski definition) is 7. The summed E-state index contributed by atoms with van der Waals surface area (Å²) in [5.74, 6) is -0.770. The molecule has 0 atom stereocenters. The number of halogens is 6. The van der Waals surface area contributed by atoms with E-state index in [9.17, 15) is 40.0 Å². The number of sulfonamides is 1. The van der Waals surface area contributed by atoms with Crippen molar-refractivity contribution in [2.75, 3.05) is 9.62 Å². The van der Waals surface area contributed by atoms with E-state index in [4.69, 9.17) is 5.73 Å².